The molecule has 1 heterocycles. The molecule has 0 aromatic heterocycles. The first-order valence-electron chi connectivity index (χ1n) is 5.42. The van der Waals surface area contributed by atoms with Crippen molar-refractivity contribution in [2.75, 3.05) is 6.54 Å². The first-order chi connectivity index (χ1) is 6.43. The lowest BCUT2D eigenvalue weighted by Gasteiger charge is -1.98. The Hall–Kier alpha value is -0.660. The van der Waals surface area contributed by atoms with Crippen LogP contribution >= 0.6 is 0 Å². The van der Waals surface area contributed by atoms with Crippen LogP contribution in [-0.4, -0.2) is 18.5 Å². The van der Waals surface area contributed by atoms with Crippen molar-refractivity contribution < 1.29 is 4.79 Å². The van der Waals surface area contributed by atoms with Gasteiger partial charge in [0.05, 0.1) is 5.71 Å². The summed E-state index contributed by atoms with van der Waals surface area (Å²) in [4.78, 5) is 14.9. The average molecular weight is 181 g/mol. The molecule has 0 aliphatic carbocycles. The topological polar surface area (TPSA) is 29.4 Å². The lowest BCUT2D eigenvalue weighted by Crippen LogP contribution is -2.00. The summed E-state index contributed by atoms with van der Waals surface area (Å²) in [6.07, 6.45) is 10.7. The zero-order valence-electron chi connectivity index (χ0n) is 8.30. The normalized spacial score (nSPS) is 25.4. The van der Waals surface area contributed by atoms with Crippen LogP contribution in [0.5, 0.6) is 0 Å². The van der Waals surface area contributed by atoms with Gasteiger partial charge in [-0.1, -0.05) is 32.1 Å². The number of carbonyl (C=O) groups is 1. The smallest absolute Gasteiger partial charge is 0.163 e. The van der Waals surface area contributed by atoms with Gasteiger partial charge in [-0.3, -0.25) is 9.79 Å². The van der Waals surface area contributed by atoms with Gasteiger partial charge in [0.1, 0.15) is 0 Å². The number of hydrogen-bond donors (Lipinski definition) is 0. The molecular formula is C11H19NO. The Morgan fingerprint density at radius 1 is 0.923 bits per heavy atom. The van der Waals surface area contributed by atoms with Gasteiger partial charge in [0.15, 0.2) is 6.29 Å². The number of aliphatic imine (C=N–C) groups is 1. The van der Waals surface area contributed by atoms with Crippen LogP contribution in [0, 0.1) is 0 Å². The van der Waals surface area contributed by atoms with Crippen molar-refractivity contribution in [1.82, 2.24) is 0 Å². The molecule has 1 aliphatic heterocycles. The van der Waals surface area contributed by atoms with Crippen molar-refractivity contribution in [3.63, 3.8) is 0 Å². The third kappa shape index (κ3) is 4.81. The van der Waals surface area contributed by atoms with Gasteiger partial charge >= 0.3 is 0 Å². The molecule has 0 radical (unpaired) electrons. The Labute approximate surface area is 80.4 Å². The minimum atomic E-state index is 0.780. The first-order valence-corrected chi connectivity index (χ1v) is 5.42. The molecule has 0 bridgehead atoms. The Morgan fingerprint density at radius 3 is 2.23 bits per heavy atom. The summed E-state index contributed by atoms with van der Waals surface area (Å²) in [6, 6.07) is 0. The standard InChI is InChI=1S/C11H19NO/c13-10-11-8-6-4-2-1-3-5-7-9-12-11/h10H,1-9H2/b12-11+. The number of rotatable bonds is 1. The van der Waals surface area contributed by atoms with E-state index in [9.17, 15) is 4.79 Å². The Balaban J connectivity index is 2.35. The lowest BCUT2D eigenvalue weighted by molar-refractivity contribution is -0.102. The first kappa shape index (κ1) is 10.4. The van der Waals surface area contributed by atoms with Gasteiger partial charge in [-0.25, -0.2) is 0 Å². The van der Waals surface area contributed by atoms with E-state index in [0.29, 0.717) is 0 Å². The summed E-state index contributed by atoms with van der Waals surface area (Å²) in [6.45, 7) is 0.855. The maximum atomic E-state index is 10.6. The second-order valence-electron chi connectivity index (χ2n) is 3.72. The molecule has 1 aliphatic rings. The van der Waals surface area contributed by atoms with Crippen molar-refractivity contribution in [1.29, 1.82) is 0 Å². The summed E-state index contributed by atoms with van der Waals surface area (Å²) in [5.74, 6) is 0. The fraction of sp³-hybridized carbons (Fsp3) is 0.818. The summed E-state index contributed by atoms with van der Waals surface area (Å²) in [7, 11) is 0. The highest BCUT2D eigenvalue weighted by Crippen LogP contribution is 2.10. The second kappa shape index (κ2) is 6.81. The molecule has 2 nitrogen and oxygen atoms in total. The van der Waals surface area contributed by atoms with Crippen LogP contribution in [0.25, 0.3) is 0 Å². The molecule has 0 atom stereocenters. The molecule has 1 rings (SSSR count). The van der Waals surface area contributed by atoms with Crippen molar-refractivity contribution in [3.8, 4) is 0 Å². The summed E-state index contributed by atoms with van der Waals surface area (Å²) in [5.41, 5.74) is 0.780. The summed E-state index contributed by atoms with van der Waals surface area (Å²) >= 11 is 0. The minimum Gasteiger partial charge on any atom is -0.297 e. The molecule has 0 unspecified atom stereocenters. The molecule has 0 saturated heterocycles. The zero-order chi connectivity index (χ0) is 9.36. The van der Waals surface area contributed by atoms with E-state index in [1.165, 1.54) is 32.1 Å². The molecule has 0 saturated carbocycles. The highest BCUT2D eigenvalue weighted by molar-refractivity contribution is 6.28. The molecule has 0 fully saturated rings. The zero-order valence-corrected chi connectivity index (χ0v) is 8.30. The number of hydrogen-bond acceptors (Lipinski definition) is 2. The summed E-state index contributed by atoms with van der Waals surface area (Å²) in [5, 5.41) is 0. The number of carbonyl (C=O) groups excluding carboxylic acids is 1. The van der Waals surface area contributed by atoms with E-state index >= 15 is 0 Å². The Morgan fingerprint density at radius 2 is 1.54 bits per heavy atom. The van der Waals surface area contributed by atoms with E-state index in [2.05, 4.69) is 4.99 Å². The Kier molecular flexibility index (Phi) is 5.46. The monoisotopic (exact) mass is 181 g/mol. The number of nitrogens with zero attached hydrogens (tertiary/aromatic N) is 1. The van der Waals surface area contributed by atoms with E-state index in [1.807, 2.05) is 0 Å². The summed E-state index contributed by atoms with van der Waals surface area (Å²) < 4.78 is 0. The van der Waals surface area contributed by atoms with Crippen LogP contribution in [0.1, 0.15) is 51.4 Å². The van der Waals surface area contributed by atoms with Crippen LogP contribution in [0.15, 0.2) is 4.99 Å². The van der Waals surface area contributed by atoms with Gasteiger partial charge in [-0.15, -0.1) is 0 Å². The van der Waals surface area contributed by atoms with Crippen LogP contribution in [0.2, 0.25) is 0 Å². The molecule has 2 heteroatoms. The fourth-order valence-electron chi connectivity index (χ4n) is 1.70. The minimum absolute atomic E-state index is 0.780. The van der Waals surface area contributed by atoms with E-state index in [4.69, 9.17) is 0 Å². The number of aldehydes is 1. The maximum absolute atomic E-state index is 10.6. The molecule has 0 aromatic rings. The maximum Gasteiger partial charge on any atom is 0.163 e. The Bertz CT molecular complexity index is 175. The fourth-order valence-corrected chi connectivity index (χ4v) is 1.70. The van der Waals surface area contributed by atoms with Crippen LogP contribution in [-0.2, 0) is 4.79 Å². The van der Waals surface area contributed by atoms with E-state index in [-0.39, 0.29) is 0 Å². The largest absolute Gasteiger partial charge is 0.297 e. The van der Waals surface area contributed by atoms with E-state index < -0.39 is 0 Å². The van der Waals surface area contributed by atoms with Gasteiger partial charge in [-0.05, 0) is 19.3 Å². The highest BCUT2D eigenvalue weighted by Gasteiger charge is 1.99. The third-order valence-corrected chi connectivity index (χ3v) is 2.54. The molecule has 0 amide bonds. The van der Waals surface area contributed by atoms with Crippen LogP contribution in [0.4, 0.5) is 0 Å². The molecule has 0 aromatic carbocycles. The van der Waals surface area contributed by atoms with Crippen LogP contribution in [0.3, 0.4) is 0 Å². The van der Waals surface area contributed by atoms with Crippen molar-refractivity contribution in [3.05, 3.63) is 0 Å². The lowest BCUT2D eigenvalue weighted by atomic mass is 10.1. The quantitative estimate of drug-likeness (QED) is 0.572. The van der Waals surface area contributed by atoms with Crippen LogP contribution < -0.4 is 0 Å². The predicted octanol–water partition coefficient (Wildman–Crippen LogP) is 2.76. The molecule has 13 heavy (non-hydrogen) atoms. The predicted molar refractivity (Wildman–Crippen MR) is 55.3 cm³/mol. The van der Waals surface area contributed by atoms with Crippen molar-refractivity contribution in [2.24, 2.45) is 4.99 Å². The van der Waals surface area contributed by atoms with Gasteiger partial charge in [-0.2, -0.15) is 0 Å². The van der Waals surface area contributed by atoms with E-state index in [1.54, 1.807) is 0 Å². The second-order valence-corrected chi connectivity index (χ2v) is 3.72. The van der Waals surface area contributed by atoms with Gasteiger partial charge < -0.3 is 0 Å². The van der Waals surface area contributed by atoms with Gasteiger partial charge in [0.2, 0.25) is 0 Å². The molecule has 0 spiro atoms. The third-order valence-electron chi connectivity index (χ3n) is 2.54. The van der Waals surface area contributed by atoms with Crippen molar-refractivity contribution in [2.45, 2.75) is 51.4 Å². The van der Waals surface area contributed by atoms with Gasteiger partial charge in [0.25, 0.3) is 0 Å². The molecule has 0 N–H and O–H groups in total. The average Bonchev–Trinajstić information content (AvgIpc) is 2.22. The van der Waals surface area contributed by atoms with Gasteiger partial charge in [0, 0.05) is 6.54 Å². The SMILES string of the molecule is O=C/C1=N/CCCCCCCCC1. The molecular weight excluding hydrogens is 162 g/mol. The van der Waals surface area contributed by atoms with E-state index in [0.717, 1.165) is 37.8 Å². The van der Waals surface area contributed by atoms with Crippen molar-refractivity contribution >= 4 is 12.0 Å². The molecule has 74 valence electrons. The highest BCUT2D eigenvalue weighted by atomic mass is 16.1.